The van der Waals surface area contributed by atoms with Crippen LogP contribution in [0, 0.1) is 11.7 Å². The van der Waals surface area contributed by atoms with Gasteiger partial charge in [-0.1, -0.05) is 0 Å². The molecule has 1 aromatic rings. The Bertz CT molecular complexity index is 555. The maximum absolute atomic E-state index is 13.3. The van der Waals surface area contributed by atoms with Gasteiger partial charge in [-0.05, 0) is 44.4 Å². The predicted octanol–water partition coefficient (Wildman–Crippen LogP) is 2.95. The maximum Gasteiger partial charge on any atom is 0.167 e. The summed E-state index contributed by atoms with van der Waals surface area (Å²) in [5, 5.41) is 0. The highest BCUT2D eigenvalue weighted by Crippen LogP contribution is 2.33. The van der Waals surface area contributed by atoms with E-state index in [2.05, 4.69) is 0 Å². The summed E-state index contributed by atoms with van der Waals surface area (Å²) in [6, 6.07) is 4.07. The van der Waals surface area contributed by atoms with E-state index in [-0.39, 0.29) is 17.8 Å². The largest absolute Gasteiger partial charge is 0.493 e. The smallest absolute Gasteiger partial charge is 0.167 e. The fourth-order valence-electron chi connectivity index (χ4n) is 2.88. The first-order chi connectivity index (χ1) is 9.94. The normalized spacial score (nSPS) is 28.4. The molecule has 114 valence electrons. The molecule has 3 rings (SSSR count). The Morgan fingerprint density at radius 2 is 2.14 bits per heavy atom. The van der Waals surface area contributed by atoms with Crippen LogP contribution in [0.1, 0.15) is 37.0 Å². The zero-order valence-electron chi connectivity index (χ0n) is 12.2. The summed E-state index contributed by atoms with van der Waals surface area (Å²) >= 11 is 0. The van der Waals surface area contributed by atoms with Gasteiger partial charge >= 0.3 is 0 Å². The second-order valence-corrected chi connectivity index (χ2v) is 6.03. The lowest BCUT2D eigenvalue weighted by Gasteiger charge is -2.26. The molecule has 5 heteroatoms. The topological polar surface area (TPSA) is 44.8 Å². The van der Waals surface area contributed by atoms with E-state index in [1.807, 2.05) is 13.8 Å². The van der Waals surface area contributed by atoms with E-state index >= 15 is 0 Å². The molecule has 21 heavy (non-hydrogen) atoms. The minimum absolute atomic E-state index is 0.0238. The van der Waals surface area contributed by atoms with Crippen molar-refractivity contribution in [2.75, 3.05) is 13.2 Å². The van der Waals surface area contributed by atoms with Crippen molar-refractivity contribution in [3.8, 4) is 5.75 Å². The molecule has 1 aromatic carbocycles. The molecule has 0 bridgehead atoms. The lowest BCUT2D eigenvalue weighted by atomic mass is 9.90. The number of halogens is 1. The molecular weight excluding hydrogens is 275 g/mol. The zero-order chi connectivity index (χ0) is 15.0. The van der Waals surface area contributed by atoms with Crippen molar-refractivity contribution >= 4 is 5.78 Å². The molecule has 1 fully saturated rings. The van der Waals surface area contributed by atoms with E-state index in [1.54, 1.807) is 0 Å². The number of ketones is 1. The molecule has 2 heterocycles. The van der Waals surface area contributed by atoms with Crippen LogP contribution in [0.15, 0.2) is 18.2 Å². The fraction of sp³-hybridized carbons (Fsp3) is 0.562. The van der Waals surface area contributed by atoms with Crippen molar-refractivity contribution in [2.24, 2.45) is 5.92 Å². The van der Waals surface area contributed by atoms with Crippen LogP contribution in [0.4, 0.5) is 4.39 Å². The third-order valence-corrected chi connectivity index (χ3v) is 3.99. The van der Waals surface area contributed by atoms with Crippen molar-refractivity contribution in [2.45, 2.75) is 38.6 Å². The number of carbonyl (C=O) groups is 1. The molecule has 0 radical (unpaired) electrons. The van der Waals surface area contributed by atoms with Crippen molar-refractivity contribution in [3.63, 3.8) is 0 Å². The first kappa shape index (κ1) is 14.5. The third kappa shape index (κ3) is 3.09. The second kappa shape index (κ2) is 5.39. The number of hydrogen-bond acceptors (Lipinski definition) is 4. The van der Waals surface area contributed by atoms with Crippen LogP contribution >= 0.6 is 0 Å². The molecule has 2 aliphatic rings. The Labute approximate surface area is 123 Å². The molecule has 2 aliphatic heterocycles. The highest BCUT2D eigenvalue weighted by Gasteiger charge is 2.38. The molecule has 1 saturated heterocycles. The van der Waals surface area contributed by atoms with E-state index in [0.717, 1.165) is 0 Å². The van der Waals surface area contributed by atoms with Gasteiger partial charge in [0.1, 0.15) is 11.6 Å². The molecule has 0 spiro atoms. The molecule has 4 nitrogen and oxygen atoms in total. The molecule has 0 N–H and O–H groups in total. The summed E-state index contributed by atoms with van der Waals surface area (Å²) < 4.78 is 30.4. The number of carbonyl (C=O) groups excluding carboxylic acids is 1. The van der Waals surface area contributed by atoms with E-state index in [4.69, 9.17) is 14.2 Å². The van der Waals surface area contributed by atoms with Crippen molar-refractivity contribution in [3.05, 3.63) is 29.6 Å². The van der Waals surface area contributed by atoms with E-state index in [9.17, 15) is 9.18 Å². The van der Waals surface area contributed by atoms with E-state index in [0.29, 0.717) is 37.4 Å². The molecule has 0 saturated carbocycles. The van der Waals surface area contributed by atoms with Gasteiger partial charge in [-0.25, -0.2) is 4.39 Å². The standard InChI is InChI=1S/C16H19FO4/c1-16(2)20-9-15(21-16)10-5-6-19-14-4-3-11(17)8-12(14)13(18)7-10/h3-4,8,10,15H,5-7,9H2,1-2H3/t10?,15-/m1/s1. The van der Waals surface area contributed by atoms with Gasteiger partial charge in [0.25, 0.3) is 0 Å². The van der Waals surface area contributed by atoms with Gasteiger partial charge < -0.3 is 14.2 Å². The minimum atomic E-state index is -0.610. The SMILES string of the molecule is CC1(C)OC[C@H](C2CCOc3ccc(F)cc3C(=O)C2)O1. The number of Topliss-reactive ketones (excluding diaryl/α,β-unsaturated/α-hetero) is 1. The molecule has 0 aromatic heterocycles. The van der Waals surface area contributed by atoms with Gasteiger partial charge in [0.05, 0.1) is 24.9 Å². The lowest BCUT2D eigenvalue weighted by molar-refractivity contribution is -0.145. The van der Waals surface area contributed by atoms with Crippen LogP contribution in [0.5, 0.6) is 5.75 Å². The number of fused-ring (bicyclic) bond motifs is 1. The molecule has 0 amide bonds. The van der Waals surface area contributed by atoms with Gasteiger partial charge in [0.2, 0.25) is 0 Å². The number of ether oxygens (including phenoxy) is 3. The highest BCUT2D eigenvalue weighted by atomic mass is 19.1. The van der Waals surface area contributed by atoms with Crippen LogP contribution in [-0.2, 0) is 9.47 Å². The highest BCUT2D eigenvalue weighted by molar-refractivity contribution is 5.98. The first-order valence-corrected chi connectivity index (χ1v) is 7.22. The number of rotatable bonds is 1. The average Bonchev–Trinajstić information content (AvgIpc) is 2.77. The minimum Gasteiger partial charge on any atom is -0.493 e. The third-order valence-electron chi connectivity index (χ3n) is 3.99. The summed E-state index contributed by atoms with van der Waals surface area (Å²) in [5.41, 5.74) is 0.317. The second-order valence-electron chi connectivity index (χ2n) is 6.03. The number of benzene rings is 1. The summed E-state index contributed by atoms with van der Waals surface area (Å²) in [6.45, 7) is 4.68. The lowest BCUT2D eigenvalue weighted by Crippen LogP contribution is -2.30. The van der Waals surface area contributed by atoms with Gasteiger partial charge in [-0.15, -0.1) is 0 Å². The monoisotopic (exact) mass is 294 g/mol. The van der Waals surface area contributed by atoms with Gasteiger partial charge in [-0.2, -0.15) is 0 Å². The Kier molecular flexibility index (Phi) is 3.71. The summed E-state index contributed by atoms with van der Waals surface area (Å²) in [6.07, 6.45) is 0.916. The van der Waals surface area contributed by atoms with Crippen molar-refractivity contribution < 1.29 is 23.4 Å². The van der Waals surface area contributed by atoms with Crippen molar-refractivity contribution in [1.29, 1.82) is 0 Å². The summed E-state index contributed by atoms with van der Waals surface area (Å²) in [5.74, 6) is -0.660. The Morgan fingerprint density at radius 1 is 1.33 bits per heavy atom. The number of hydrogen-bond donors (Lipinski definition) is 0. The van der Waals surface area contributed by atoms with Crippen LogP contribution in [0.2, 0.25) is 0 Å². The first-order valence-electron chi connectivity index (χ1n) is 7.22. The van der Waals surface area contributed by atoms with E-state index in [1.165, 1.54) is 18.2 Å². The van der Waals surface area contributed by atoms with Gasteiger partial charge in [-0.3, -0.25) is 4.79 Å². The van der Waals surface area contributed by atoms with Crippen LogP contribution < -0.4 is 4.74 Å². The Morgan fingerprint density at radius 3 is 2.86 bits per heavy atom. The molecule has 1 unspecified atom stereocenters. The van der Waals surface area contributed by atoms with Gasteiger partial charge in [0, 0.05) is 6.42 Å². The quantitative estimate of drug-likeness (QED) is 0.799. The average molecular weight is 294 g/mol. The van der Waals surface area contributed by atoms with Gasteiger partial charge in [0.15, 0.2) is 11.6 Å². The van der Waals surface area contributed by atoms with Crippen LogP contribution in [0.25, 0.3) is 0 Å². The van der Waals surface area contributed by atoms with Crippen LogP contribution in [0.3, 0.4) is 0 Å². The molecule has 0 aliphatic carbocycles. The summed E-state index contributed by atoms with van der Waals surface area (Å²) in [7, 11) is 0. The van der Waals surface area contributed by atoms with Crippen LogP contribution in [-0.4, -0.2) is 30.9 Å². The Hall–Kier alpha value is -1.46. The van der Waals surface area contributed by atoms with E-state index < -0.39 is 11.6 Å². The molecule has 2 atom stereocenters. The van der Waals surface area contributed by atoms with Crippen molar-refractivity contribution in [1.82, 2.24) is 0 Å². The maximum atomic E-state index is 13.3. The molecular formula is C16H19FO4. The predicted molar refractivity (Wildman–Crippen MR) is 73.9 cm³/mol. The Balaban J connectivity index is 1.79. The summed E-state index contributed by atoms with van der Waals surface area (Å²) in [4.78, 5) is 12.4. The fourth-order valence-corrected chi connectivity index (χ4v) is 2.88. The zero-order valence-corrected chi connectivity index (χ0v) is 12.2.